The van der Waals surface area contributed by atoms with Crippen molar-refractivity contribution in [3.8, 4) is 0 Å². The van der Waals surface area contributed by atoms with E-state index in [2.05, 4.69) is 30.2 Å². The molecular weight excluding hydrogens is 345 g/mol. The van der Waals surface area contributed by atoms with E-state index in [1.807, 2.05) is 4.40 Å². The summed E-state index contributed by atoms with van der Waals surface area (Å²) < 4.78 is 20.4. The van der Waals surface area contributed by atoms with Gasteiger partial charge in [0.25, 0.3) is 0 Å². The summed E-state index contributed by atoms with van der Waals surface area (Å²) in [6.45, 7) is 7.22. The van der Waals surface area contributed by atoms with Crippen molar-refractivity contribution in [2.45, 2.75) is 32.6 Å². The first-order valence-electron chi connectivity index (χ1n) is 9.10. The summed E-state index contributed by atoms with van der Waals surface area (Å²) in [6.07, 6.45) is 2.35. The second-order valence-corrected chi connectivity index (χ2v) is 7.51. The summed E-state index contributed by atoms with van der Waals surface area (Å²) in [4.78, 5) is 16.8. The van der Waals surface area contributed by atoms with Crippen LogP contribution < -0.4 is 5.32 Å². The molecule has 3 heterocycles. The molecule has 0 aliphatic carbocycles. The highest BCUT2D eigenvalue weighted by atomic mass is 19.1. The minimum absolute atomic E-state index is 0.0887. The topological polar surface area (TPSA) is 55.6 Å². The molecule has 5 nitrogen and oxygen atoms in total. The zero-order chi connectivity index (χ0) is 19.2. The second kappa shape index (κ2) is 6.37. The van der Waals surface area contributed by atoms with Gasteiger partial charge in [-0.05, 0) is 30.7 Å². The number of aromatic nitrogens is 2. The molecule has 0 spiro atoms. The predicted octanol–water partition coefficient (Wildman–Crippen LogP) is 3.94. The van der Waals surface area contributed by atoms with E-state index >= 15 is 0 Å². The molecule has 1 aliphatic rings. The molecule has 3 aromatic rings. The molecule has 2 aromatic heterocycles. The van der Waals surface area contributed by atoms with Crippen molar-refractivity contribution in [2.75, 3.05) is 18.5 Å². The predicted molar refractivity (Wildman–Crippen MR) is 102 cm³/mol. The van der Waals surface area contributed by atoms with Crippen LogP contribution in [0.5, 0.6) is 0 Å². The lowest BCUT2D eigenvalue weighted by Gasteiger charge is -2.19. The largest absolute Gasteiger partial charge is 0.461 e. The third-order valence-electron chi connectivity index (χ3n) is 4.96. The molecule has 1 aliphatic heterocycles. The van der Waals surface area contributed by atoms with Gasteiger partial charge in [0.15, 0.2) is 5.69 Å². The lowest BCUT2D eigenvalue weighted by atomic mass is 9.90. The highest BCUT2D eigenvalue weighted by Crippen LogP contribution is 2.38. The Balaban J connectivity index is 1.87. The van der Waals surface area contributed by atoms with Gasteiger partial charge in [-0.25, -0.2) is 14.2 Å². The van der Waals surface area contributed by atoms with E-state index in [4.69, 9.17) is 4.74 Å². The molecule has 0 saturated heterocycles. The average molecular weight is 367 g/mol. The SMILES string of the molecule is CCOC(=O)c1cn2c3c(cc(Cc4ccc(F)cc4)c2n1)NCC3(C)C. The van der Waals surface area contributed by atoms with Crippen LogP contribution in [0, 0.1) is 5.82 Å². The van der Waals surface area contributed by atoms with E-state index in [9.17, 15) is 9.18 Å². The van der Waals surface area contributed by atoms with E-state index in [1.165, 1.54) is 12.1 Å². The van der Waals surface area contributed by atoms with Crippen LogP contribution in [0.2, 0.25) is 0 Å². The number of anilines is 1. The second-order valence-electron chi connectivity index (χ2n) is 7.51. The summed E-state index contributed by atoms with van der Waals surface area (Å²) in [6, 6.07) is 8.54. The minimum atomic E-state index is -0.425. The van der Waals surface area contributed by atoms with E-state index in [0.29, 0.717) is 18.7 Å². The number of benzene rings is 1. The molecule has 0 unspecified atom stereocenters. The first-order valence-corrected chi connectivity index (χ1v) is 9.10. The summed E-state index contributed by atoms with van der Waals surface area (Å²) in [5.74, 6) is -0.682. The Morgan fingerprint density at radius 3 is 2.78 bits per heavy atom. The first kappa shape index (κ1) is 17.5. The quantitative estimate of drug-likeness (QED) is 0.710. The van der Waals surface area contributed by atoms with Gasteiger partial charge in [0.05, 0.1) is 18.0 Å². The number of fused-ring (bicyclic) bond motifs is 3. The highest BCUT2D eigenvalue weighted by molar-refractivity contribution is 5.88. The number of carbonyl (C=O) groups excluding carboxylic acids is 1. The third-order valence-corrected chi connectivity index (χ3v) is 4.96. The Labute approximate surface area is 157 Å². The first-order chi connectivity index (χ1) is 12.9. The number of rotatable bonds is 4. The lowest BCUT2D eigenvalue weighted by Crippen LogP contribution is -2.21. The van der Waals surface area contributed by atoms with Gasteiger partial charge in [-0.2, -0.15) is 0 Å². The van der Waals surface area contributed by atoms with E-state index in [-0.39, 0.29) is 11.2 Å². The molecule has 0 bridgehead atoms. The molecule has 1 N–H and O–H groups in total. The monoisotopic (exact) mass is 367 g/mol. The van der Waals surface area contributed by atoms with Crippen LogP contribution in [-0.4, -0.2) is 28.5 Å². The van der Waals surface area contributed by atoms with Crippen molar-refractivity contribution in [3.05, 3.63) is 64.9 Å². The van der Waals surface area contributed by atoms with Gasteiger partial charge in [-0.3, -0.25) is 0 Å². The number of hydrogen-bond acceptors (Lipinski definition) is 4. The molecule has 27 heavy (non-hydrogen) atoms. The smallest absolute Gasteiger partial charge is 0.358 e. The number of pyridine rings is 1. The maximum Gasteiger partial charge on any atom is 0.358 e. The molecule has 0 atom stereocenters. The van der Waals surface area contributed by atoms with Crippen LogP contribution in [0.4, 0.5) is 10.1 Å². The number of imidazole rings is 1. The highest BCUT2D eigenvalue weighted by Gasteiger charge is 2.34. The van der Waals surface area contributed by atoms with Crippen molar-refractivity contribution in [2.24, 2.45) is 0 Å². The van der Waals surface area contributed by atoms with Crippen molar-refractivity contribution in [3.63, 3.8) is 0 Å². The minimum Gasteiger partial charge on any atom is -0.461 e. The summed E-state index contributed by atoms with van der Waals surface area (Å²) >= 11 is 0. The fourth-order valence-electron chi connectivity index (χ4n) is 3.70. The zero-order valence-electron chi connectivity index (χ0n) is 15.7. The number of hydrogen-bond donors (Lipinski definition) is 1. The number of nitrogens with one attached hydrogen (secondary N) is 1. The Morgan fingerprint density at radius 2 is 2.07 bits per heavy atom. The van der Waals surface area contributed by atoms with Crippen molar-refractivity contribution < 1.29 is 13.9 Å². The van der Waals surface area contributed by atoms with E-state index in [0.717, 1.165) is 34.7 Å². The normalized spacial score (nSPS) is 14.8. The lowest BCUT2D eigenvalue weighted by molar-refractivity contribution is 0.0520. The standard InChI is InChI=1S/C21H22FN3O2/c1-4-27-20(26)17-11-25-18-16(23-12-21(18,2)3)10-14(19(25)24-17)9-13-5-7-15(22)8-6-13/h5-8,10-11,23H,4,9,12H2,1-3H3. The van der Waals surface area contributed by atoms with Crippen LogP contribution in [-0.2, 0) is 16.6 Å². The van der Waals surface area contributed by atoms with Gasteiger partial charge in [-0.1, -0.05) is 26.0 Å². The van der Waals surface area contributed by atoms with Crippen molar-refractivity contribution >= 4 is 17.3 Å². The molecule has 140 valence electrons. The molecule has 0 fully saturated rings. The molecular formula is C21H22FN3O2. The number of esters is 1. The molecule has 0 radical (unpaired) electrons. The van der Waals surface area contributed by atoms with Gasteiger partial charge in [-0.15, -0.1) is 0 Å². The average Bonchev–Trinajstić information content (AvgIpc) is 3.18. The fourth-order valence-corrected chi connectivity index (χ4v) is 3.70. The number of ether oxygens (including phenoxy) is 1. The van der Waals surface area contributed by atoms with Gasteiger partial charge >= 0.3 is 5.97 Å². The Kier molecular flexibility index (Phi) is 4.13. The van der Waals surface area contributed by atoms with Crippen LogP contribution in [0.25, 0.3) is 5.65 Å². The summed E-state index contributed by atoms with van der Waals surface area (Å²) in [5, 5.41) is 3.46. The summed E-state index contributed by atoms with van der Waals surface area (Å²) in [7, 11) is 0. The van der Waals surface area contributed by atoms with E-state index < -0.39 is 5.97 Å². The van der Waals surface area contributed by atoms with Crippen LogP contribution in [0.1, 0.15) is 48.1 Å². The maximum atomic E-state index is 13.2. The van der Waals surface area contributed by atoms with Crippen LogP contribution >= 0.6 is 0 Å². The van der Waals surface area contributed by atoms with Crippen LogP contribution in [0.15, 0.2) is 36.5 Å². The van der Waals surface area contributed by atoms with Gasteiger partial charge in [0.1, 0.15) is 11.5 Å². The third kappa shape index (κ3) is 3.05. The Morgan fingerprint density at radius 1 is 1.33 bits per heavy atom. The van der Waals surface area contributed by atoms with Gasteiger partial charge in [0.2, 0.25) is 0 Å². The number of carbonyl (C=O) groups is 1. The molecule has 0 amide bonds. The summed E-state index contributed by atoms with van der Waals surface area (Å²) in [5.41, 5.74) is 5.04. The van der Waals surface area contributed by atoms with Crippen LogP contribution in [0.3, 0.4) is 0 Å². The molecule has 1 aromatic carbocycles. The maximum absolute atomic E-state index is 13.2. The Hall–Kier alpha value is -2.89. The van der Waals surface area contributed by atoms with E-state index in [1.54, 1.807) is 25.3 Å². The molecule has 0 saturated carbocycles. The fraction of sp³-hybridized carbons (Fsp3) is 0.333. The van der Waals surface area contributed by atoms with Crippen molar-refractivity contribution in [1.29, 1.82) is 0 Å². The van der Waals surface area contributed by atoms with Gasteiger partial charge in [0, 0.05) is 30.1 Å². The van der Waals surface area contributed by atoms with Crippen molar-refractivity contribution in [1.82, 2.24) is 9.38 Å². The molecule has 6 heteroatoms. The Bertz CT molecular complexity index is 1020. The molecule has 4 rings (SSSR count). The number of nitrogens with zero attached hydrogens (tertiary/aromatic N) is 2. The van der Waals surface area contributed by atoms with Gasteiger partial charge < -0.3 is 14.5 Å². The number of halogens is 1. The zero-order valence-corrected chi connectivity index (χ0v) is 15.7.